The monoisotopic (exact) mass is 1480 g/mol. The van der Waals surface area contributed by atoms with Gasteiger partial charge in [-0.3, -0.25) is 28.8 Å². The molecule has 3 atom stereocenters. The van der Waals surface area contributed by atoms with Gasteiger partial charge in [-0.2, -0.15) is 4.48 Å². The Hall–Kier alpha value is -9.04. The number of carboxylic acid groups (broad SMARTS) is 2. The molecule has 0 aromatic carbocycles. The summed E-state index contributed by atoms with van der Waals surface area (Å²) >= 11 is 0. The Kier molecular flexibility index (Phi) is 23.4. The van der Waals surface area contributed by atoms with E-state index in [1.807, 2.05) is 29.1 Å². The summed E-state index contributed by atoms with van der Waals surface area (Å²) < 4.78 is 24.6. The summed E-state index contributed by atoms with van der Waals surface area (Å²) in [4.78, 5) is 102. The highest BCUT2D eigenvalue weighted by Crippen LogP contribution is 2.44. The second-order valence-electron chi connectivity index (χ2n) is 31.7. The summed E-state index contributed by atoms with van der Waals surface area (Å²) in [6.07, 6.45) is 36.6. The van der Waals surface area contributed by atoms with Crippen molar-refractivity contribution in [3.05, 3.63) is 133 Å². The minimum atomic E-state index is -1.51. The molecular formula is C76H112BN18O12+9. The van der Waals surface area contributed by atoms with Crippen molar-refractivity contribution >= 4 is 54.4 Å². The number of imidazole rings is 4. The molecule has 3 fully saturated rings. The third kappa shape index (κ3) is 16.1. The van der Waals surface area contributed by atoms with Crippen molar-refractivity contribution in [3.8, 4) is 0 Å². The van der Waals surface area contributed by atoms with Crippen molar-refractivity contribution in [1.29, 1.82) is 0 Å². The number of hydrogen-bond donors (Lipinski definition) is 6. The minimum absolute atomic E-state index is 0.00613. The number of unbranched alkanes of at least 4 members (excludes halogenated alkanes) is 6. The van der Waals surface area contributed by atoms with Gasteiger partial charge in [-0.1, -0.05) is 9.13 Å². The predicted octanol–water partition coefficient (Wildman–Crippen LogP) is 1.07. The van der Waals surface area contributed by atoms with Crippen LogP contribution in [0, 0.1) is 0 Å². The number of hydrogen-bond acceptors (Lipinski definition) is 10. The number of ketones is 1. The van der Waals surface area contributed by atoms with Crippen LogP contribution in [0.5, 0.6) is 0 Å². The van der Waals surface area contributed by atoms with Crippen LogP contribution >= 0.6 is 0 Å². The smallest absolute Gasteiger partial charge is 0.478 e. The lowest BCUT2D eigenvalue weighted by atomic mass is 9.78. The van der Waals surface area contributed by atoms with Gasteiger partial charge < -0.3 is 45.6 Å². The SMILES string of the molecule is CC1CCCN1C(=O)CNC(=O)CCCCC[N+]12Cc3n(cc[n+]3C)C1n1cc[n+](C)c1C2.CC1CCCN1C(=O)CNC(=O)CCCCC[N+]12Cc3n(cc[n+]3CC(=O)O)C1n1cc[n+](CC(=O)O)c1C2.O=C(CCCCC[N+]12Cc3cccc[n+]3C1[n+]1ccccc1C2)CCC(=O)N1CCCC1B(O)O. The molecule has 0 saturated carbocycles. The molecule has 9 aliphatic heterocycles. The van der Waals surface area contributed by atoms with Crippen molar-refractivity contribution in [3.63, 3.8) is 0 Å². The van der Waals surface area contributed by atoms with Gasteiger partial charge >= 0.3 is 61.2 Å². The number of amides is 5. The second-order valence-corrected chi connectivity index (χ2v) is 31.7. The van der Waals surface area contributed by atoms with Gasteiger partial charge in [-0.25, -0.2) is 36.8 Å². The van der Waals surface area contributed by atoms with Gasteiger partial charge in [0.25, 0.3) is 0 Å². The van der Waals surface area contributed by atoms with Gasteiger partial charge in [0.2, 0.25) is 40.9 Å². The lowest BCUT2D eigenvalue weighted by Gasteiger charge is -2.28. The van der Waals surface area contributed by atoms with E-state index < -0.39 is 25.0 Å². The van der Waals surface area contributed by atoms with Crippen LogP contribution in [0.25, 0.3) is 0 Å². The van der Waals surface area contributed by atoms with E-state index >= 15 is 0 Å². The number of aliphatic carboxylic acids is 2. The number of carboxylic acids is 2. The maximum absolute atomic E-state index is 12.4. The summed E-state index contributed by atoms with van der Waals surface area (Å²) in [7, 11) is 2.76. The van der Waals surface area contributed by atoms with Gasteiger partial charge in [0.05, 0.1) is 52.8 Å². The van der Waals surface area contributed by atoms with Crippen LogP contribution in [0.3, 0.4) is 0 Å². The number of quaternary nitrogens is 3. The first-order chi connectivity index (χ1) is 51.6. The molecular weight excluding hydrogens is 1370 g/mol. The molecule has 9 aliphatic rings. The van der Waals surface area contributed by atoms with E-state index in [0.717, 1.165) is 163 Å². The van der Waals surface area contributed by atoms with E-state index in [9.17, 15) is 58.6 Å². The fourth-order valence-corrected chi connectivity index (χ4v) is 19.1. The van der Waals surface area contributed by atoms with E-state index in [0.29, 0.717) is 68.6 Å². The zero-order valence-corrected chi connectivity index (χ0v) is 62.9. The Morgan fingerprint density at radius 1 is 0.467 bits per heavy atom. The molecule has 0 aliphatic carbocycles. The van der Waals surface area contributed by atoms with Gasteiger partial charge in [0.1, 0.15) is 55.4 Å². The topological polar surface area (TPSA) is 294 Å². The quantitative estimate of drug-likeness (QED) is 0.0160. The molecule has 3 saturated heterocycles. The van der Waals surface area contributed by atoms with Crippen molar-refractivity contribution in [2.24, 2.45) is 14.1 Å². The maximum atomic E-state index is 12.4. The van der Waals surface area contributed by atoms with E-state index in [-0.39, 0.29) is 93.0 Å². The minimum Gasteiger partial charge on any atom is -0.478 e. The van der Waals surface area contributed by atoms with Gasteiger partial charge in [0.15, 0.2) is 64.8 Å². The van der Waals surface area contributed by atoms with E-state index in [1.165, 1.54) is 27.9 Å². The molecule has 3 unspecified atom stereocenters. The first-order valence-corrected chi connectivity index (χ1v) is 39.1. The lowest BCUT2D eigenvalue weighted by Crippen LogP contribution is -2.62. The van der Waals surface area contributed by atoms with E-state index in [1.54, 1.807) is 21.5 Å². The Morgan fingerprint density at radius 2 is 0.888 bits per heavy atom. The summed E-state index contributed by atoms with van der Waals surface area (Å²) in [5.41, 5.74) is 2.74. The van der Waals surface area contributed by atoms with Crippen LogP contribution in [0.4, 0.5) is 0 Å². The van der Waals surface area contributed by atoms with Crippen molar-refractivity contribution in [2.75, 3.05) is 52.4 Å². The first kappa shape index (κ1) is 76.2. The molecule has 0 radical (unpaired) electrons. The Morgan fingerprint density at radius 3 is 1.34 bits per heavy atom. The average molecular weight is 1480 g/mol. The van der Waals surface area contributed by atoms with Gasteiger partial charge in [-0.15, -0.1) is 18.3 Å². The highest BCUT2D eigenvalue weighted by molar-refractivity contribution is 6.43. The molecule has 6 aromatic rings. The summed E-state index contributed by atoms with van der Waals surface area (Å²) in [6.45, 7) is 14.6. The first-order valence-electron chi connectivity index (χ1n) is 39.1. The third-order valence-corrected chi connectivity index (χ3v) is 24.5. The number of Topliss-reactive ketones (excluding diaryl/α,β-unsaturated/α-hetero) is 1. The number of aryl methyl sites for hydroxylation is 2. The van der Waals surface area contributed by atoms with Crippen LogP contribution in [0.15, 0.2) is 98.4 Å². The van der Waals surface area contributed by atoms with Crippen LogP contribution < -0.4 is 38.0 Å². The van der Waals surface area contributed by atoms with Crippen molar-refractivity contribution in [2.45, 2.75) is 232 Å². The Bertz CT molecular complexity index is 4110. The van der Waals surface area contributed by atoms with Crippen LogP contribution in [-0.2, 0) is 105 Å². The maximum Gasteiger partial charge on any atom is 0.484 e. The molecule has 30 nitrogen and oxygen atoms in total. The highest BCUT2D eigenvalue weighted by Gasteiger charge is 2.66. The van der Waals surface area contributed by atoms with Crippen LogP contribution in [-0.4, -0.2) is 191 Å². The molecule has 0 spiro atoms. The molecule has 6 aromatic heterocycles. The third-order valence-electron chi connectivity index (χ3n) is 24.5. The molecule has 5 amide bonds. The van der Waals surface area contributed by atoms with Crippen LogP contribution in [0.2, 0.25) is 0 Å². The number of carbonyl (C=O) groups excluding carboxylic acids is 6. The van der Waals surface area contributed by atoms with E-state index in [4.69, 9.17) is 0 Å². The molecule has 572 valence electrons. The molecule has 6 N–H and O–H groups in total. The fraction of sp³-hybridized carbons (Fsp3) is 0.605. The zero-order chi connectivity index (χ0) is 75.3. The summed E-state index contributed by atoms with van der Waals surface area (Å²) in [5, 5.41) is 43.2. The molecule has 31 heteroatoms. The van der Waals surface area contributed by atoms with Gasteiger partial charge in [0, 0.05) is 88.1 Å². The normalized spacial score (nSPS) is 24.1. The molecule has 15 heterocycles. The van der Waals surface area contributed by atoms with Crippen molar-refractivity contribution < 1.29 is 99.5 Å². The molecule has 0 bridgehead atoms. The van der Waals surface area contributed by atoms with E-state index in [2.05, 4.69) is 142 Å². The number of fused-ring (bicyclic) bond motifs is 15. The largest absolute Gasteiger partial charge is 0.484 e. The number of nitrogens with one attached hydrogen (secondary N) is 2. The number of aromatic nitrogens is 10. The second kappa shape index (κ2) is 32.8. The molecule has 107 heavy (non-hydrogen) atoms. The lowest BCUT2D eigenvalue weighted by molar-refractivity contribution is -1.16. The van der Waals surface area contributed by atoms with Gasteiger partial charge in [-0.05, 0) is 122 Å². The summed E-state index contributed by atoms with van der Waals surface area (Å²) in [5.74, 6) is 2.17. The number of carbonyl (C=O) groups is 8. The number of likely N-dealkylation sites (tertiary alicyclic amines) is 3. The average Bonchev–Trinajstić information content (AvgIpc) is 1.48. The Labute approximate surface area is 625 Å². The Balaban J connectivity index is 0.000000142. The number of nitrogens with zero attached hydrogens (tertiary/aromatic N) is 16. The fourth-order valence-electron chi connectivity index (χ4n) is 19.1. The zero-order valence-electron chi connectivity index (χ0n) is 62.9. The molecule has 15 rings (SSSR count). The predicted molar refractivity (Wildman–Crippen MR) is 381 cm³/mol. The standard InChI is InChI=1S/C26H36BN4O4.C26H35N7O6.C24H37N7O2/c32-23(13-14-25(33)30-17-8-12-24(30)27(34)35)11-2-1-7-18-31-19-21-9-3-5-15-28(21)26(31)29-16-6-4-10-22(29)20-31;1-19-6-5-8-30(19)23(35)14-27-20(34)7-3-2-4-13-33-17-21-28(15-24(36)37)9-11-31(21)26(33)32-12-10-29(16-25(38)39)22(32)18-33;1-19-8-7-10-28(19)23(33)16-25-20(32)9-5-4-6-15-31-17-21-26(2)11-13-29(21)24(31)30-14-12-27(3)22(30)18-31/h3-6,9-10,15-16,24,26,34-35H,1-2,7-8,11-14,17-20H2;9-12,19,26H,2-8,13-18H2,1H3;11-14,19,24H,4-10,15-18H2,1-3H3/q+3;;+2/p+4. The van der Waals surface area contributed by atoms with Crippen LogP contribution in [0.1, 0.15) is 196 Å². The van der Waals surface area contributed by atoms with Crippen molar-refractivity contribution in [1.82, 2.24) is 43.6 Å². The highest BCUT2D eigenvalue weighted by atomic mass is 16.4. The summed E-state index contributed by atoms with van der Waals surface area (Å²) in [6, 6.07) is 13.5. The number of rotatable bonds is 30. The number of pyridine rings is 2.